The molecule has 0 bridgehead atoms. The second-order valence-corrected chi connectivity index (χ2v) is 11.2. The Balaban J connectivity index is 1.58. The molecular formula is C36H36N2O7. The molecule has 4 aromatic rings. The van der Waals surface area contributed by atoms with Crippen molar-refractivity contribution in [3.05, 3.63) is 137 Å². The molecule has 4 aromatic carbocycles. The molecule has 0 atom stereocenters. The van der Waals surface area contributed by atoms with Crippen LogP contribution in [0.25, 0.3) is 0 Å². The Kier molecular flexibility index (Phi) is 11.1. The highest BCUT2D eigenvalue weighted by molar-refractivity contribution is 6.02. The molecule has 0 spiro atoms. The molecule has 0 radical (unpaired) electrons. The number of hydrogen-bond acceptors (Lipinski definition) is 7. The van der Waals surface area contributed by atoms with Crippen molar-refractivity contribution in [3.8, 4) is 0 Å². The summed E-state index contributed by atoms with van der Waals surface area (Å²) < 4.78 is 16.5. The van der Waals surface area contributed by atoms with Crippen LogP contribution in [-0.4, -0.2) is 41.1 Å². The van der Waals surface area contributed by atoms with Gasteiger partial charge in [0.1, 0.15) is 18.8 Å². The summed E-state index contributed by atoms with van der Waals surface area (Å²) >= 11 is 0. The zero-order chi connectivity index (χ0) is 32.2. The lowest BCUT2D eigenvalue weighted by molar-refractivity contribution is 0.0332. The number of carbonyl (C=O) groups is 4. The Labute approximate surface area is 262 Å². The lowest BCUT2D eigenvalue weighted by Gasteiger charge is -2.26. The maximum Gasteiger partial charge on any atom is 0.418 e. The molecule has 0 saturated carbocycles. The van der Waals surface area contributed by atoms with Gasteiger partial charge in [-0.25, -0.2) is 24.1 Å². The smallest absolute Gasteiger partial charge is 0.418 e. The molecule has 1 N–H and O–H groups in total. The highest BCUT2D eigenvalue weighted by atomic mass is 16.6. The fourth-order valence-corrected chi connectivity index (χ4v) is 4.22. The van der Waals surface area contributed by atoms with Gasteiger partial charge < -0.3 is 19.5 Å². The number of nitrogens with zero attached hydrogens (tertiary/aromatic N) is 1. The van der Waals surface area contributed by atoms with E-state index >= 15 is 0 Å². The first kappa shape index (κ1) is 32.5. The molecule has 9 nitrogen and oxygen atoms in total. The number of hydrogen-bond donors (Lipinski definition) is 1. The van der Waals surface area contributed by atoms with E-state index in [2.05, 4.69) is 5.32 Å². The third-order valence-electron chi connectivity index (χ3n) is 6.41. The number of carbonyl (C=O) groups excluding carboxylic acids is 4. The van der Waals surface area contributed by atoms with Crippen molar-refractivity contribution in [1.82, 2.24) is 4.90 Å². The lowest BCUT2D eigenvalue weighted by Crippen LogP contribution is -2.44. The number of benzene rings is 4. The Morgan fingerprint density at radius 2 is 1.09 bits per heavy atom. The fourth-order valence-electron chi connectivity index (χ4n) is 4.22. The molecule has 0 fully saturated rings. The van der Waals surface area contributed by atoms with Gasteiger partial charge in [-0.05, 0) is 62.1 Å². The van der Waals surface area contributed by atoms with Gasteiger partial charge in [0, 0.05) is 12.2 Å². The number of esters is 2. The van der Waals surface area contributed by atoms with Crippen LogP contribution in [0.4, 0.5) is 15.3 Å². The van der Waals surface area contributed by atoms with E-state index in [1.54, 1.807) is 20.8 Å². The summed E-state index contributed by atoms with van der Waals surface area (Å²) in [5.74, 6) is -1.42. The maximum atomic E-state index is 13.5. The third kappa shape index (κ3) is 10.4. The Morgan fingerprint density at radius 3 is 1.53 bits per heavy atom. The molecule has 9 heteroatoms. The van der Waals surface area contributed by atoms with Crippen molar-refractivity contribution >= 4 is 29.8 Å². The van der Waals surface area contributed by atoms with E-state index in [9.17, 15) is 19.2 Å². The van der Waals surface area contributed by atoms with Crippen LogP contribution in [0.3, 0.4) is 0 Å². The first-order chi connectivity index (χ1) is 21.6. The molecule has 45 heavy (non-hydrogen) atoms. The molecule has 4 rings (SSSR count). The van der Waals surface area contributed by atoms with Crippen LogP contribution < -0.4 is 5.32 Å². The van der Waals surface area contributed by atoms with Crippen LogP contribution in [0.5, 0.6) is 0 Å². The highest BCUT2D eigenvalue weighted by Gasteiger charge is 2.28. The first-order valence-corrected chi connectivity index (χ1v) is 14.5. The van der Waals surface area contributed by atoms with Crippen LogP contribution in [0.15, 0.2) is 109 Å². The van der Waals surface area contributed by atoms with Gasteiger partial charge >= 0.3 is 24.1 Å². The summed E-state index contributed by atoms with van der Waals surface area (Å²) in [5.41, 5.74) is 1.76. The molecule has 0 aliphatic heterocycles. The van der Waals surface area contributed by atoms with E-state index < -0.39 is 29.7 Å². The van der Waals surface area contributed by atoms with Crippen molar-refractivity contribution in [2.24, 2.45) is 0 Å². The normalized spacial score (nSPS) is 10.8. The molecule has 0 aromatic heterocycles. The summed E-state index contributed by atoms with van der Waals surface area (Å²) in [6.07, 6.45) is -0.451. The molecule has 232 valence electrons. The van der Waals surface area contributed by atoms with Gasteiger partial charge in [0.05, 0.1) is 11.1 Å². The minimum atomic E-state index is -0.847. The van der Waals surface area contributed by atoms with Crippen molar-refractivity contribution in [1.29, 1.82) is 0 Å². The Bertz CT molecular complexity index is 1530. The summed E-state index contributed by atoms with van der Waals surface area (Å²) in [4.78, 5) is 53.8. The predicted molar refractivity (Wildman–Crippen MR) is 170 cm³/mol. The van der Waals surface area contributed by atoms with Gasteiger partial charge in [-0.2, -0.15) is 0 Å². The van der Waals surface area contributed by atoms with Crippen LogP contribution >= 0.6 is 0 Å². The number of ether oxygens (including phenoxy) is 3. The summed E-state index contributed by atoms with van der Waals surface area (Å²) in [6.45, 7) is 5.16. The quantitative estimate of drug-likeness (QED) is 0.147. The summed E-state index contributed by atoms with van der Waals surface area (Å²) in [7, 11) is 0. The standard InChI is InChI=1S/C36H36N2O7/c1-36(2,3)45-35(42)38(20-19-26-13-7-4-8-14-26)34(41)37-31-22-29(32(39)43-24-27-15-9-5-10-16-27)21-30(23-31)33(40)44-25-28-17-11-6-12-18-28/h4-18,21-23H,19-20,24-25H2,1-3H3,(H,37,41). The van der Waals surface area contributed by atoms with Gasteiger partial charge in [-0.15, -0.1) is 0 Å². The third-order valence-corrected chi connectivity index (χ3v) is 6.41. The summed E-state index contributed by atoms with van der Waals surface area (Å²) in [5, 5.41) is 2.65. The zero-order valence-electron chi connectivity index (χ0n) is 25.5. The molecule has 0 aliphatic carbocycles. The minimum Gasteiger partial charge on any atom is -0.457 e. The number of amides is 3. The second kappa shape index (κ2) is 15.3. The maximum absolute atomic E-state index is 13.5. The van der Waals surface area contributed by atoms with Crippen LogP contribution in [-0.2, 0) is 33.8 Å². The van der Waals surface area contributed by atoms with Crippen LogP contribution in [0, 0.1) is 0 Å². The molecule has 3 amide bonds. The van der Waals surface area contributed by atoms with Gasteiger partial charge in [-0.3, -0.25) is 0 Å². The molecule has 0 heterocycles. The minimum absolute atomic E-state index is 0.00988. The molecule has 0 aliphatic rings. The average molecular weight is 609 g/mol. The van der Waals surface area contributed by atoms with E-state index in [1.807, 2.05) is 91.0 Å². The molecule has 0 saturated heterocycles. The van der Waals surface area contributed by atoms with Crippen molar-refractivity contribution < 1.29 is 33.4 Å². The number of urea groups is 1. The molecular weight excluding hydrogens is 572 g/mol. The van der Waals surface area contributed by atoms with Crippen molar-refractivity contribution in [2.45, 2.75) is 46.0 Å². The van der Waals surface area contributed by atoms with Crippen LogP contribution in [0.1, 0.15) is 58.2 Å². The largest absolute Gasteiger partial charge is 0.457 e. The zero-order valence-corrected chi connectivity index (χ0v) is 25.5. The fraction of sp³-hybridized carbons (Fsp3) is 0.222. The second-order valence-electron chi connectivity index (χ2n) is 11.2. The van der Waals surface area contributed by atoms with Gasteiger partial charge in [0.25, 0.3) is 0 Å². The molecule has 0 unspecified atom stereocenters. The lowest BCUT2D eigenvalue weighted by atomic mass is 10.1. The van der Waals surface area contributed by atoms with E-state index in [0.717, 1.165) is 21.6 Å². The number of anilines is 1. The predicted octanol–water partition coefficient (Wildman–Crippen LogP) is 7.41. The SMILES string of the molecule is CC(C)(C)OC(=O)N(CCc1ccccc1)C(=O)Nc1cc(C(=O)OCc2ccccc2)cc(C(=O)OCc2ccccc2)c1. The summed E-state index contributed by atoms with van der Waals surface area (Å²) in [6, 6.07) is 31.0. The first-order valence-electron chi connectivity index (χ1n) is 14.5. The Morgan fingerprint density at radius 1 is 0.644 bits per heavy atom. The van der Waals surface area contributed by atoms with Gasteiger partial charge in [-0.1, -0.05) is 91.0 Å². The van der Waals surface area contributed by atoms with Gasteiger partial charge in [0.15, 0.2) is 0 Å². The van der Waals surface area contributed by atoms with E-state index in [-0.39, 0.29) is 36.6 Å². The van der Waals surface area contributed by atoms with E-state index in [4.69, 9.17) is 14.2 Å². The monoisotopic (exact) mass is 608 g/mol. The van der Waals surface area contributed by atoms with E-state index in [1.165, 1.54) is 18.2 Å². The number of rotatable bonds is 10. The van der Waals surface area contributed by atoms with E-state index in [0.29, 0.717) is 6.42 Å². The van der Waals surface area contributed by atoms with Crippen molar-refractivity contribution in [2.75, 3.05) is 11.9 Å². The number of imide groups is 1. The average Bonchev–Trinajstić information content (AvgIpc) is 3.03. The van der Waals surface area contributed by atoms with Crippen LogP contribution in [0.2, 0.25) is 0 Å². The number of nitrogens with one attached hydrogen (secondary N) is 1. The van der Waals surface area contributed by atoms with Gasteiger partial charge in [0.2, 0.25) is 0 Å². The van der Waals surface area contributed by atoms with Crippen molar-refractivity contribution in [3.63, 3.8) is 0 Å². The highest BCUT2D eigenvalue weighted by Crippen LogP contribution is 2.20. The Hall–Kier alpha value is -5.44. The topological polar surface area (TPSA) is 111 Å².